The predicted octanol–water partition coefficient (Wildman–Crippen LogP) is 2.30. The second-order valence-electron chi connectivity index (χ2n) is 1.88. The lowest BCUT2D eigenvalue weighted by Gasteiger charge is -1.95. The zero-order valence-corrected chi connectivity index (χ0v) is 6.70. The Kier molecular flexibility index (Phi) is 3.88. The van der Waals surface area contributed by atoms with Crippen LogP contribution in [0.3, 0.4) is 0 Å². The van der Waals surface area contributed by atoms with Crippen LogP contribution in [0.25, 0.3) is 0 Å². The maximum absolute atomic E-state index is 10.3. The van der Waals surface area contributed by atoms with Gasteiger partial charge < -0.3 is 0 Å². The summed E-state index contributed by atoms with van der Waals surface area (Å²) in [4.78, 5) is 9.92. The molecule has 0 atom stereocenters. The van der Waals surface area contributed by atoms with E-state index < -0.39 is 4.92 Å². The van der Waals surface area contributed by atoms with Crippen LogP contribution in [0.4, 0.5) is 0 Å². The maximum Gasteiger partial charge on any atom is 0.271 e. The van der Waals surface area contributed by atoms with Gasteiger partial charge in [-0.15, -0.1) is 0 Å². The second kappa shape index (κ2) is 4.44. The highest BCUT2D eigenvalue weighted by Crippen LogP contribution is 2.10. The normalized spacial score (nSPS) is 12.9. The summed E-state index contributed by atoms with van der Waals surface area (Å²) in [5, 5.41) is 10.3. The monoisotopic (exact) mass is 153 g/mol. The van der Waals surface area contributed by atoms with Gasteiger partial charge in [0.15, 0.2) is 0 Å². The van der Waals surface area contributed by atoms with Crippen LogP contribution >= 0.6 is 0 Å². The SMILES string of the molecule is C=CC(=C/C)/C(=C\C)[N+](=O)[O-]. The molecule has 0 spiro atoms. The van der Waals surface area contributed by atoms with E-state index in [1.165, 1.54) is 12.2 Å². The predicted molar refractivity (Wildman–Crippen MR) is 44.7 cm³/mol. The Balaban J connectivity index is 4.79. The van der Waals surface area contributed by atoms with E-state index >= 15 is 0 Å². The van der Waals surface area contributed by atoms with Crippen molar-refractivity contribution in [3.05, 3.63) is 46.2 Å². The van der Waals surface area contributed by atoms with E-state index in [0.717, 1.165) is 0 Å². The Morgan fingerprint density at radius 3 is 2.09 bits per heavy atom. The van der Waals surface area contributed by atoms with E-state index in [2.05, 4.69) is 6.58 Å². The minimum atomic E-state index is -0.420. The quantitative estimate of drug-likeness (QED) is 0.354. The summed E-state index contributed by atoms with van der Waals surface area (Å²) in [5.41, 5.74) is 0.653. The smallest absolute Gasteiger partial charge is 0.258 e. The van der Waals surface area contributed by atoms with Gasteiger partial charge in [0, 0.05) is 5.57 Å². The number of nitro groups is 1. The molecule has 0 amide bonds. The van der Waals surface area contributed by atoms with Crippen molar-refractivity contribution in [3.8, 4) is 0 Å². The fourth-order valence-corrected chi connectivity index (χ4v) is 0.748. The van der Waals surface area contributed by atoms with E-state index in [-0.39, 0.29) is 5.70 Å². The third kappa shape index (κ3) is 2.37. The molecule has 0 unspecified atom stereocenters. The first-order valence-electron chi connectivity index (χ1n) is 3.27. The lowest BCUT2D eigenvalue weighted by atomic mass is 10.2. The number of allylic oxidation sites excluding steroid dienone is 3. The van der Waals surface area contributed by atoms with Gasteiger partial charge in [0.25, 0.3) is 5.70 Å². The van der Waals surface area contributed by atoms with Crippen LogP contribution in [-0.2, 0) is 0 Å². The number of hydrogen-bond donors (Lipinski definition) is 0. The molecule has 0 heterocycles. The molecule has 0 saturated heterocycles. The first-order chi connectivity index (χ1) is 5.17. The van der Waals surface area contributed by atoms with Gasteiger partial charge in [-0.3, -0.25) is 10.1 Å². The van der Waals surface area contributed by atoms with Gasteiger partial charge in [-0.1, -0.05) is 18.7 Å². The van der Waals surface area contributed by atoms with Gasteiger partial charge in [0.05, 0.1) is 4.92 Å². The molecule has 0 aliphatic heterocycles. The summed E-state index contributed by atoms with van der Waals surface area (Å²) >= 11 is 0. The van der Waals surface area contributed by atoms with Crippen LogP contribution in [0.2, 0.25) is 0 Å². The lowest BCUT2D eigenvalue weighted by Crippen LogP contribution is -1.99. The van der Waals surface area contributed by atoms with Gasteiger partial charge >= 0.3 is 0 Å². The highest BCUT2D eigenvalue weighted by molar-refractivity contribution is 5.33. The summed E-state index contributed by atoms with van der Waals surface area (Å²) in [6, 6.07) is 0. The molecule has 0 aromatic heterocycles. The standard InChI is InChI=1S/C8H11NO2/c1-4-7(5-2)8(6-3)9(10)11/h4-6H,1H2,2-3H3/b7-5-,8-6+. The van der Waals surface area contributed by atoms with Crippen LogP contribution in [0.15, 0.2) is 36.1 Å². The zero-order chi connectivity index (χ0) is 8.85. The van der Waals surface area contributed by atoms with Crippen LogP contribution in [0.1, 0.15) is 13.8 Å². The van der Waals surface area contributed by atoms with Crippen molar-refractivity contribution in [2.24, 2.45) is 0 Å². The average Bonchev–Trinajstić information content (AvgIpc) is 1.99. The number of hydrogen-bond acceptors (Lipinski definition) is 2. The maximum atomic E-state index is 10.3. The minimum Gasteiger partial charge on any atom is -0.258 e. The topological polar surface area (TPSA) is 43.1 Å². The highest BCUT2D eigenvalue weighted by atomic mass is 16.6. The fourth-order valence-electron chi connectivity index (χ4n) is 0.748. The second-order valence-corrected chi connectivity index (χ2v) is 1.88. The third-order valence-electron chi connectivity index (χ3n) is 1.30. The molecular formula is C8H11NO2. The van der Waals surface area contributed by atoms with Crippen molar-refractivity contribution in [1.82, 2.24) is 0 Å². The summed E-state index contributed by atoms with van der Waals surface area (Å²) in [5.74, 6) is 0. The van der Waals surface area contributed by atoms with E-state index in [0.29, 0.717) is 5.57 Å². The zero-order valence-electron chi connectivity index (χ0n) is 6.70. The Labute approximate surface area is 65.9 Å². The molecule has 0 bridgehead atoms. The molecule has 11 heavy (non-hydrogen) atoms. The van der Waals surface area contributed by atoms with Crippen molar-refractivity contribution in [2.75, 3.05) is 0 Å². The molecular weight excluding hydrogens is 142 g/mol. The molecule has 0 aliphatic rings. The minimum absolute atomic E-state index is 0.0995. The Bertz CT molecular complexity index is 226. The summed E-state index contributed by atoms with van der Waals surface area (Å²) in [6.07, 6.45) is 4.58. The summed E-state index contributed by atoms with van der Waals surface area (Å²) < 4.78 is 0. The molecule has 3 nitrogen and oxygen atoms in total. The largest absolute Gasteiger partial charge is 0.271 e. The molecule has 0 rings (SSSR count). The molecule has 0 fully saturated rings. The number of nitrogens with zero attached hydrogens (tertiary/aromatic N) is 1. The van der Waals surface area contributed by atoms with Gasteiger partial charge in [-0.25, -0.2) is 0 Å². The van der Waals surface area contributed by atoms with Crippen molar-refractivity contribution < 1.29 is 4.92 Å². The van der Waals surface area contributed by atoms with E-state index in [1.807, 2.05) is 0 Å². The Hall–Kier alpha value is -1.38. The third-order valence-corrected chi connectivity index (χ3v) is 1.30. The van der Waals surface area contributed by atoms with Gasteiger partial charge in [-0.2, -0.15) is 0 Å². The van der Waals surface area contributed by atoms with Crippen LogP contribution in [-0.4, -0.2) is 4.92 Å². The first kappa shape index (κ1) is 9.62. The molecule has 0 radical (unpaired) electrons. The van der Waals surface area contributed by atoms with Crippen LogP contribution in [0.5, 0.6) is 0 Å². The number of rotatable bonds is 3. The highest BCUT2D eigenvalue weighted by Gasteiger charge is 2.10. The fraction of sp³-hybridized carbons (Fsp3) is 0.250. The van der Waals surface area contributed by atoms with Gasteiger partial charge in [-0.05, 0) is 19.9 Å². The Morgan fingerprint density at radius 2 is 2.00 bits per heavy atom. The van der Waals surface area contributed by atoms with Crippen molar-refractivity contribution in [1.29, 1.82) is 0 Å². The molecule has 0 saturated carbocycles. The Morgan fingerprint density at radius 1 is 1.45 bits per heavy atom. The molecule has 0 aromatic carbocycles. The van der Waals surface area contributed by atoms with E-state index in [9.17, 15) is 10.1 Å². The molecule has 0 aliphatic carbocycles. The van der Waals surface area contributed by atoms with Gasteiger partial charge in [0.2, 0.25) is 0 Å². The van der Waals surface area contributed by atoms with Crippen molar-refractivity contribution in [2.45, 2.75) is 13.8 Å². The van der Waals surface area contributed by atoms with Crippen LogP contribution in [0, 0.1) is 10.1 Å². The van der Waals surface area contributed by atoms with Gasteiger partial charge in [0.1, 0.15) is 0 Å². The average molecular weight is 153 g/mol. The molecule has 3 heteroatoms. The van der Waals surface area contributed by atoms with Crippen LogP contribution < -0.4 is 0 Å². The van der Waals surface area contributed by atoms with E-state index in [4.69, 9.17) is 0 Å². The van der Waals surface area contributed by atoms with E-state index in [1.54, 1.807) is 19.9 Å². The lowest BCUT2D eigenvalue weighted by molar-refractivity contribution is -0.420. The summed E-state index contributed by atoms with van der Waals surface area (Å²) in [7, 11) is 0. The molecule has 0 N–H and O–H groups in total. The summed E-state index contributed by atoms with van der Waals surface area (Å²) in [6.45, 7) is 6.84. The molecule has 0 aromatic rings. The van der Waals surface area contributed by atoms with Crippen molar-refractivity contribution >= 4 is 0 Å². The first-order valence-corrected chi connectivity index (χ1v) is 3.27. The van der Waals surface area contributed by atoms with Crippen molar-refractivity contribution in [3.63, 3.8) is 0 Å². The molecule has 60 valence electrons.